The van der Waals surface area contributed by atoms with Gasteiger partial charge in [-0.05, 0) is 18.8 Å². The van der Waals surface area contributed by atoms with Gasteiger partial charge < -0.3 is 5.11 Å². The molecule has 92 valence electrons. The minimum absolute atomic E-state index is 0.509. The molecule has 1 fully saturated rings. The summed E-state index contributed by atoms with van der Waals surface area (Å²) < 4.78 is 1.66. The lowest BCUT2D eigenvalue weighted by molar-refractivity contribution is 0.0219. The van der Waals surface area contributed by atoms with Gasteiger partial charge in [-0.25, -0.2) is 0 Å². The van der Waals surface area contributed by atoms with Gasteiger partial charge in [0.25, 0.3) is 0 Å². The van der Waals surface area contributed by atoms with Crippen LogP contribution < -0.4 is 0 Å². The standard InChI is InChI=1S/C13H19N3O/c1-10-4-3-5-13(6-10,9-14)12(17)11-7-15-16(2)8-11/h7-8,10,12,17H,3-6H2,1-2H3. The number of nitrogens with zero attached hydrogens (tertiary/aromatic N) is 3. The van der Waals surface area contributed by atoms with Crippen molar-refractivity contribution >= 4 is 0 Å². The van der Waals surface area contributed by atoms with E-state index in [1.54, 1.807) is 17.1 Å². The zero-order valence-corrected chi connectivity index (χ0v) is 10.4. The number of hydrogen-bond donors (Lipinski definition) is 1. The topological polar surface area (TPSA) is 61.8 Å². The van der Waals surface area contributed by atoms with Crippen molar-refractivity contribution in [2.75, 3.05) is 0 Å². The Labute approximate surface area is 102 Å². The van der Waals surface area contributed by atoms with E-state index in [1.165, 1.54) is 0 Å². The molecule has 0 bridgehead atoms. The van der Waals surface area contributed by atoms with E-state index in [1.807, 2.05) is 7.05 Å². The van der Waals surface area contributed by atoms with Gasteiger partial charge in [0.2, 0.25) is 0 Å². The molecule has 0 spiro atoms. The number of aromatic nitrogens is 2. The summed E-state index contributed by atoms with van der Waals surface area (Å²) in [6, 6.07) is 2.37. The van der Waals surface area contributed by atoms with Crippen LogP contribution in [0.5, 0.6) is 0 Å². The van der Waals surface area contributed by atoms with E-state index >= 15 is 0 Å². The van der Waals surface area contributed by atoms with Gasteiger partial charge in [-0.3, -0.25) is 4.68 Å². The quantitative estimate of drug-likeness (QED) is 0.851. The average Bonchev–Trinajstić information content (AvgIpc) is 2.74. The number of aryl methyl sites for hydroxylation is 1. The zero-order chi connectivity index (χ0) is 12.5. The first kappa shape index (κ1) is 12.1. The van der Waals surface area contributed by atoms with E-state index in [2.05, 4.69) is 18.1 Å². The molecule has 4 heteroatoms. The molecule has 0 aromatic carbocycles. The molecule has 0 aliphatic heterocycles. The molecule has 1 aliphatic carbocycles. The lowest BCUT2D eigenvalue weighted by Gasteiger charge is -2.37. The number of nitriles is 1. The summed E-state index contributed by atoms with van der Waals surface area (Å²) in [5.74, 6) is 0.509. The van der Waals surface area contributed by atoms with Crippen LogP contribution in [0.2, 0.25) is 0 Å². The summed E-state index contributed by atoms with van der Waals surface area (Å²) in [7, 11) is 1.82. The fourth-order valence-electron chi connectivity index (χ4n) is 2.90. The van der Waals surface area contributed by atoms with Gasteiger partial charge in [0.1, 0.15) is 6.10 Å². The van der Waals surface area contributed by atoms with Crippen LogP contribution in [0.3, 0.4) is 0 Å². The lowest BCUT2D eigenvalue weighted by Crippen LogP contribution is -2.32. The van der Waals surface area contributed by atoms with Crippen LogP contribution in [-0.2, 0) is 7.05 Å². The Morgan fingerprint density at radius 3 is 3.00 bits per heavy atom. The maximum absolute atomic E-state index is 10.5. The molecule has 1 N–H and O–H groups in total. The van der Waals surface area contributed by atoms with Crippen molar-refractivity contribution in [2.24, 2.45) is 18.4 Å². The predicted molar refractivity (Wildman–Crippen MR) is 63.8 cm³/mol. The molecule has 0 radical (unpaired) electrons. The Morgan fingerprint density at radius 1 is 1.71 bits per heavy atom. The summed E-state index contributed by atoms with van der Waals surface area (Å²) >= 11 is 0. The SMILES string of the molecule is CC1CCCC(C#N)(C(O)c2cnn(C)c2)C1. The van der Waals surface area contributed by atoms with Crippen LogP contribution in [0.1, 0.15) is 44.3 Å². The lowest BCUT2D eigenvalue weighted by atomic mass is 9.66. The van der Waals surface area contributed by atoms with Crippen molar-refractivity contribution in [3.8, 4) is 6.07 Å². The molecule has 2 rings (SSSR count). The summed E-state index contributed by atoms with van der Waals surface area (Å²) in [6.45, 7) is 2.15. The molecular formula is C13H19N3O. The largest absolute Gasteiger partial charge is 0.387 e. The van der Waals surface area contributed by atoms with Gasteiger partial charge in [-0.2, -0.15) is 10.4 Å². The molecule has 3 unspecified atom stereocenters. The first-order valence-electron chi connectivity index (χ1n) is 6.15. The minimum Gasteiger partial charge on any atom is -0.387 e. The van der Waals surface area contributed by atoms with Gasteiger partial charge in [-0.1, -0.05) is 19.8 Å². The minimum atomic E-state index is -0.719. The highest BCUT2D eigenvalue weighted by atomic mass is 16.3. The summed E-state index contributed by atoms with van der Waals surface area (Å²) in [5.41, 5.74) is 0.129. The molecule has 1 aliphatic rings. The van der Waals surface area contributed by atoms with Crippen molar-refractivity contribution < 1.29 is 5.11 Å². The van der Waals surface area contributed by atoms with Crippen LogP contribution in [-0.4, -0.2) is 14.9 Å². The molecule has 1 heterocycles. The maximum atomic E-state index is 10.5. The van der Waals surface area contributed by atoms with E-state index in [4.69, 9.17) is 0 Å². The molecule has 0 amide bonds. The first-order chi connectivity index (χ1) is 8.07. The van der Waals surface area contributed by atoms with Gasteiger partial charge in [0.05, 0.1) is 17.7 Å². The summed E-state index contributed by atoms with van der Waals surface area (Å²) in [4.78, 5) is 0. The van der Waals surface area contributed by atoms with E-state index in [-0.39, 0.29) is 0 Å². The number of rotatable bonds is 2. The number of hydrogen-bond acceptors (Lipinski definition) is 3. The number of aliphatic hydroxyl groups is 1. The van der Waals surface area contributed by atoms with Gasteiger partial charge >= 0.3 is 0 Å². The Hall–Kier alpha value is -1.34. The highest BCUT2D eigenvalue weighted by Gasteiger charge is 2.42. The van der Waals surface area contributed by atoms with Crippen molar-refractivity contribution in [1.82, 2.24) is 9.78 Å². The molecular weight excluding hydrogens is 214 g/mol. The molecule has 3 atom stereocenters. The Bertz CT molecular complexity index is 434. The fraction of sp³-hybridized carbons (Fsp3) is 0.692. The third-order valence-electron chi connectivity index (χ3n) is 3.82. The fourth-order valence-corrected chi connectivity index (χ4v) is 2.90. The molecule has 1 aromatic heterocycles. The van der Waals surface area contributed by atoms with Crippen molar-refractivity contribution in [3.63, 3.8) is 0 Å². The smallest absolute Gasteiger partial charge is 0.101 e. The van der Waals surface area contributed by atoms with Gasteiger partial charge in [0.15, 0.2) is 0 Å². The Balaban J connectivity index is 2.26. The van der Waals surface area contributed by atoms with Crippen molar-refractivity contribution in [3.05, 3.63) is 18.0 Å². The second kappa shape index (κ2) is 4.50. The van der Waals surface area contributed by atoms with Crippen molar-refractivity contribution in [2.45, 2.75) is 38.7 Å². The highest BCUT2D eigenvalue weighted by Crippen LogP contribution is 2.47. The van der Waals surface area contributed by atoms with E-state index in [9.17, 15) is 10.4 Å². The van der Waals surface area contributed by atoms with Crippen LogP contribution in [0.15, 0.2) is 12.4 Å². The zero-order valence-electron chi connectivity index (χ0n) is 10.4. The second-order valence-corrected chi connectivity index (χ2v) is 5.32. The predicted octanol–water partition coefficient (Wildman–Crippen LogP) is 2.17. The molecule has 1 aromatic rings. The van der Waals surface area contributed by atoms with E-state index in [0.29, 0.717) is 5.92 Å². The van der Waals surface area contributed by atoms with Gasteiger partial charge in [-0.15, -0.1) is 0 Å². The first-order valence-corrected chi connectivity index (χ1v) is 6.15. The van der Waals surface area contributed by atoms with Crippen LogP contribution >= 0.6 is 0 Å². The molecule has 0 saturated heterocycles. The normalized spacial score (nSPS) is 30.8. The monoisotopic (exact) mass is 233 g/mol. The van der Waals surface area contributed by atoms with Crippen molar-refractivity contribution in [1.29, 1.82) is 5.26 Å². The maximum Gasteiger partial charge on any atom is 0.101 e. The average molecular weight is 233 g/mol. The van der Waals surface area contributed by atoms with Gasteiger partial charge in [0, 0.05) is 18.8 Å². The Morgan fingerprint density at radius 2 is 2.47 bits per heavy atom. The van der Waals surface area contributed by atoms with Crippen LogP contribution in [0.25, 0.3) is 0 Å². The number of aliphatic hydroxyl groups excluding tert-OH is 1. The van der Waals surface area contributed by atoms with Crippen LogP contribution in [0, 0.1) is 22.7 Å². The Kier molecular flexibility index (Phi) is 3.21. The van der Waals surface area contributed by atoms with E-state index in [0.717, 1.165) is 31.2 Å². The van der Waals surface area contributed by atoms with Crippen LogP contribution in [0.4, 0.5) is 0 Å². The third kappa shape index (κ3) is 2.20. The summed E-state index contributed by atoms with van der Waals surface area (Å²) in [6.07, 6.45) is 6.47. The van der Waals surface area contributed by atoms with E-state index < -0.39 is 11.5 Å². The molecule has 1 saturated carbocycles. The third-order valence-corrected chi connectivity index (χ3v) is 3.82. The highest BCUT2D eigenvalue weighted by molar-refractivity contribution is 5.18. The summed E-state index contributed by atoms with van der Waals surface area (Å²) in [5, 5.41) is 24.0. The second-order valence-electron chi connectivity index (χ2n) is 5.32. The molecule has 4 nitrogen and oxygen atoms in total. The molecule has 17 heavy (non-hydrogen) atoms.